The van der Waals surface area contributed by atoms with Crippen molar-refractivity contribution in [1.29, 1.82) is 0 Å². The molecule has 23 heavy (non-hydrogen) atoms. The van der Waals surface area contributed by atoms with Crippen LogP contribution in [-0.2, 0) is 14.3 Å². The number of aliphatic hydroxyl groups is 5. The Hall–Kier alpha value is -1.14. The smallest absolute Gasteiger partial charge is 0.217 e. The predicted molar refractivity (Wildman–Crippen MR) is 76.1 cm³/mol. The van der Waals surface area contributed by atoms with Crippen molar-refractivity contribution in [3.63, 3.8) is 0 Å². The molecule has 1 fully saturated rings. The molecule has 0 saturated carbocycles. The van der Waals surface area contributed by atoms with Crippen LogP contribution in [0, 0.1) is 0 Å². The molecule has 1 saturated heterocycles. The molecule has 10 heteroatoms. The summed E-state index contributed by atoms with van der Waals surface area (Å²) < 4.78 is 5.37. The van der Waals surface area contributed by atoms with Crippen LogP contribution < -0.4 is 10.6 Å². The standard InChI is InChI=1S/C13H24N2O8/c1-7(18)15-10-8(19)4-13(22,6-14-2-3-16)23-12(10)11(21)9(20)5-17/h3,8-12,14,17,19-22H,2,4-6H2,1H3,(H,15,18)/t8-,9+,10+,11+,12+,13-/m0/s1. The highest BCUT2D eigenvalue weighted by Gasteiger charge is 2.49. The van der Waals surface area contributed by atoms with Gasteiger partial charge in [-0.3, -0.25) is 4.79 Å². The summed E-state index contributed by atoms with van der Waals surface area (Å²) in [5, 5.41) is 54.1. The van der Waals surface area contributed by atoms with Crippen LogP contribution in [-0.4, -0.2) is 93.7 Å². The van der Waals surface area contributed by atoms with Gasteiger partial charge >= 0.3 is 0 Å². The summed E-state index contributed by atoms with van der Waals surface area (Å²) in [6.07, 6.45) is -5.61. The lowest BCUT2D eigenvalue weighted by Gasteiger charge is -2.46. The summed E-state index contributed by atoms with van der Waals surface area (Å²) in [7, 11) is 0. The quantitative estimate of drug-likeness (QED) is 0.172. The number of rotatable bonds is 8. The van der Waals surface area contributed by atoms with Gasteiger partial charge in [-0.05, 0) is 0 Å². The van der Waals surface area contributed by atoms with Crippen molar-refractivity contribution in [3.05, 3.63) is 0 Å². The zero-order chi connectivity index (χ0) is 17.6. The molecule has 0 aromatic carbocycles. The minimum Gasteiger partial charge on any atom is -0.394 e. The van der Waals surface area contributed by atoms with Gasteiger partial charge in [-0.25, -0.2) is 0 Å². The number of aldehydes is 1. The third-order valence-electron chi connectivity index (χ3n) is 3.57. The van der Waals surface area contributed by atoms with E-state index in [-0.39, 0.29) is 19.5 Å². The molecule has 7 N–H and O–H groups in total. The second-order valence-electron chi connectivity index (χ2n) is 5.56. The molecule has 0 aromatic heterocycles. The first-order chi connectivity index (χ1) is 10.7. The summed E-state index contributed by atoms with van der Waals surface area (Å²) in [6.45, 7) is 0.161. The third kappa shape index (κ3) is 5.46. The van der Waals surface area contributed by atoms with Gasteiger partial charge in [0.15, 0.2) is 5.79 Å². The van der Waals surface area contributed by atoms with Crippen molar-refractivity contribution in [1.82, 2.24) is 10.6 Å². The molecule has 1 rings (SSSR count). The van der Waals surface area contributed by atoms with E-state index in [0.717, 1.165) is 0 Å². The molecule has 0 radical (unpaired) electrons. The lowest BCUT2D eigenvalue weighted by molar-refractivity contribution is -0.298. The van der Waals surface area contributed by atoms with Crippen LogP contribution in [0.3, 0.4) is 0 Å². The fourth-order valence-corrected chi connectivity index (χ4v) is 2.51. The average Bonchev–Trinajstić information content (AvgIpc) is 2.48. The monoisotopic (exact) mass is 336 g/mol. The van der Waals surface area contributed by atoms with E-state index < -0.39 is 48.8 Å². The maximum absolute atomic E-state index is 11.3. The van der Waals surface area contributed by atoms with Gasteiger partial charge in [0.1, 0.15) is 24.6 Å². The number of hydrogen-bond donors (Lipinski definition) is 7. The van der Waals surface area contributed by atoms with Crippen LogP contribution in [0.25, 0.3) is 0 Å². The number of aliphatic hydroxyl groups excluding tert-OH is 4. The molecular weight excluding hydrogens is 312 g/mol. The predicted octanol–water partition coefficient (Wildman–Crippen LogP) is -4.17. The minimum absolute atomic E-state index is 0.0522. The van der Waals surface area contributed by atoms with E-state index in [0.29, 0.717) is 6.29 Å². The molecule has 1 aliphatic rings. The molecule has 0 unspecified atom stereocenters. The van der Waals surface area contributed by atoms with Crippen molar-refractivity contribution in [2.75, 3.05) is 19.7 Å². The minimum atomic E-state index is -1.92. The molecule has 0 aliphatic carbocycles. The maximum Gasteiger partial charge on any atom is 0.217 e. The Balaban J connectivity index is 2.94. The Morgan fingerprint density at radius 2 is 2.13 bits per heavy atom. The van der Waals surface area contributed by atoms with Crippen molar-refractivity contribution >= 4 is 12.2 Å². The Kier molecular flexibility index (Phi) is 7.48. The normalized spacial score (nSPS) is 33.7. The number of carbonyl (C=O) groups excluding carboxylic acids is 2. The summed E-state index contributed by atoms with van der Waals surface area (Å²) in [4.78, 5) is 21.6. The lowest BCUT2D eigenvalue weighted by Crippen LogP contribution is -2.67. The van der Waals surface area contributed by atoms with Crippen LogP contribution in [0.5, 0.6) is 0 Å². The Labute approximate surface area is 133 Å². The fourth-order valence-electron chi connectivity index (χ4n) is 2.51. The Morgan fingerprint density at radius 3 is 2.65 bits per heavy atom. The second-order valence-corrected chi connectivity index (χ2v) is 5.56. The van der Waals surface area contributed by atoms with E-state index in [9.17, 15) is 30.0 Å². The van der Waals surface area contributed by atoms with Crippen LogP contribution in [0.15, 0.2) is 0 Å². The molecule has 6 atom stereocenters. The summed E-state index contributed by atoms with van der Waals surface area (Å²) in [5.74, 6) is -2.42. The first-order valence-corrected chi connectivity index (χ1v) is 7.21. The van der Waals surface area contributed by atoms with E-state index in [1.165, 1.54) is 6.92 Å². The summed E-state index contributed by atoms with van der Waals surface area (Å²) >= 11 is 0. The van der Waals surface area contributed by atoms with E-state index in [4.69, 9.17) is 9.84 Å². The SMILES string of the molecule is CC(=O)N[C@H]1[C@H]([C@H](O)[C@H](O)CO)O[C@](O)(CNCC=O)C[C@@H]1O. The lowest BCUT2D eigenvalue weighted by atomic mass is 9.88. The first-order valence-electron chi connectivity index (χ1n) is 7.21. The first kappa shape index (κ1) is 19.9. The average molecular weight is 336 g/mol. The largest absolute Gasteiger partial charge is 0.394 e. The van der Waals surface area contributed by atoms with E-state index in [1.807, 2.05) is 0 Å². The van der Waals surface area contributed by atoms with Crippen molar-refractivity contribution in [2.45, 2.75) is 49.6 Å². The Bertz CT molecular complexity index is 409. The Morgan fingerprint density at radius 1 is 1.48 bits per heavy atom. The molecule has 1 heterocycles. The van der Waals surface area contributed by atoms with Gasteiger partial charge in [-0.2, -0.15) is 0 Å². The zero-order valence-electron chi connectivity index (χ0n) is 12.8. The van der Waals surface area contributed by atoms with E-state index in [2.05, 4.69) is 10.6 Å². The molecule has 0 spiro atoms. The van der Waals surface area contributed by atoms with Gasteiger partial charge in [-0.1, -0.05) is 0 Å². The fraction of sp³-hybridized carbons (Fsp3) is 0.846. The highest BCUT2D eigenvalue weighted by Crippen LogP contribution is 2.29. The maximum atomic E-state index is 11.3. The molecular formula is C13H24N2O8. The topological polar surface area (TPSA) is 169 Å². The number of carbonyl (C=O) groups is 2. The molecule has 0 aromatic rings. The van der Waals surface area contributed by atoms with Crippen LogP contribution in [0.4, 0.5) is 0 Å². The van der Waals surface area contributed by atoms with Gasteiger partial charge in [-0.15, -0.1) is 0 Å². The summed E-state index contributed by atoms with van der Waals surface area (Å²) in [5.41, 5.74) is 0. The molecule has 0 bridgehead atoms. The van der Waals surface area contributed by atoms with E-state index >= 15 is 0 Å². The number of hydrogen-bond acceptors (Lipinski definition) is 9. The van der Waals surface area contributed by atoms with Crippen LogP contribution >= 0.6 is 0 Å². The van der Waals surface area contributed by atoms with Crippen molar-refractivity contribution in [2.24, 2.45) is 0 Å². The van der Waals surface area contributed by atoms with Gasteiger partial charge < -0.3 is 45.7 Å². The second kappa shape index (κ2) is 8.64. The number of ether oxygens (including phenoxy) is 1. The van der Waals surface area contributed by atoms with Crippen LogP contribution in [0.1, 0.15) is 13.3 Å². The van der Waals surface area contributed by atoms with Crippen molar-refractivity contribution < 1.29 is 39.9 Å². The molecule has 1 amide bonds. The third-order valence-corrected chi connectivity index (χ3v) is 3.57. The zero-order valence-corrected chi connectivity index (χ0v) is 12.8. The van der Waals surface area contributed by atoms with Gasteiger partial charge in [0.2, 0.25) is 5.91 Å². The highest BCUT2D eigenvalue weighted by atomic mass is 16.6. The van der Waals surface area contributed by atoms with Gasteiger partial charge in [0.05, 0.1) is 31.8 Å². The number of nitrogens with one attached hydrogen (secondary N) is 2. The van der Waals surface area contributed by atoms with Crippen molar-refractivity contribution in [3.8, 4) is 0 Å². The van der Waals surface area contributed by atoms with Gasteiger partial charge in [0.25, 0.3) is 0 Å². The highest BCUT2D eigenvalue weighted by molar-refractivity contribution is 5.73. The van der Waals surface area contributed by atoms with Gasteiger partial charge in [0, 0.05) is 13.3 Å². The number of amides is 1. The molecule has 134 valence electrons. The van der Waals surface area contributed by atoms with Crippen LogP contribution in [0.2, 0.25) is 0 Å². The van der Waals surface area contributed by atoms with E-state index in [1.54, 1.807) is 0 Å². The molecule has 1 aliphatic heterocycles. The summed E-state index contributed by atoms with van der Waals surface area (Å²) in [6, 6.07) is -1.09. The molecule has 10 nitrogen and oxygen atoms in total.